The predicted octanol–water partition coefficient (Wildman–Crippen LogP) is 4.49. The summed E-state index contributed by atoms with van der Waals surface area (Å²) in [4.78, 5) is 0. The van der Waals surface area contributed by atoms with Gasteiger partial charge in [0.05, 0.1) is 18.5 Å². The van der Waals surface area contributed by atoms with E-state index in [-0.39, 0.29) is 5.82 Å². The molecule has 2 aromatic heterocycles. The zero-order valence-corrected chi connectivity index (χ0v) is 16.8. The Hall–Kier alpha value is -3.39. The SMILES string of the molecule is Cc1nn(Cc2ccccc2)c(C)c1C=Nn1c(-c2ccc(F)cc2)n[nH]c1=S. The Labute approximate surface area is 172 Å². The van der Waals surface area contributed by atoms with Gasteiger partial charge in [-0.15, -0.1) is 0 Å². The van der Waals surface area contributed by atoms with E-state index in [4.69, 9.17) is 12.2 Å². The molecule has 0 amide bonds. The second-order valence-corrected chi connectivity index (χ2v) is 7.03. The van der Waals surface area contributed by atoms with Crippen LogP contribution < -0.4 is 0 Å². The second-order valence-electron chi connectivity index (χ2n) is 6.64. The fourth-order valence-corrected chi connectivity index (χ4v) is 3.29. The van der Waals surface area contributed by atoms with Gasteiger partial charge in [0.25, 0.3) is 0 Å². The monoisotopic (exact) mass is 406 g/mol. The van der Waals surface area contributed by atoms with Gasteiger partial charge in [-0.25, -0.2) is 9.49 Å². The topological polar surface area (TPSA) is 63.8 Å². The van der Waals surface area contributed by atoms with Crippen molar-refractivity contribution in [1.82, 2.24) is 24.7 Å². The Morgan fingerprint density at radius 3 is 2.55 bits per heavy atom. The Bertz CT molecular complexity index is 1220. The summed E-state index contributed by atoms with van der Waals surface area (Å²) in [6, 6.07) is 16.2. The minimum absolute atomic E-state index is 0.310. The van der Waals surface area contributed by atoms with Crippen LogP contribution in [0.2, 0.25) is 0 Å². The molecule has 0 spiro atoms. The van der Waals surface area contributed by atoms with Crippen molar-refractivity contribution in [2.45, 2.75) is 20.4 Å². The third-order valence-corrected chi connectivity index (χ3v) is 4.93. The van der Waals surface area contributed by atoms with Gasteiger partial charge in [0, 0.05) is 16.8 Å². The van der Waals surface area contributed by atoms with Gasteiger partial charge in [0.2, 0.25) is 4.77 Å². The molecule has 2 aromatic carbocycles. The lowest BCUT2D eigenvalue weighted by Gasteiger charge is -2.04. The zero-order chi connectivity index (χ0) is 20.4. The van der Waals surface area contributed by atoms with E-state index in [1.165, 1.54) is 22.4 Å². The van der Waals surface area contributed by atoms with Crippen molar-refractivity contribution >= 4 is 18.4 Å². The summed E-state index contributed by atoms with van der Waals surface area (Å²) < 4.78 is 17.1. The van der Waals surface area contributed by atoms with E-state index in [9.17, 15) is 4.39 Å². The molecule has 1 N–H and O–H groups in total. The molecule has 0 unspecified atom stereocenters. The largest absolute Gasteiger partial charge is 0.265 e. The van der Waals surface area contributed by atoms with Crippen LogP contribution in [0, 0.1) is 24.4 Å². The number of aryl methyl sites for hydroxylation is 1. The number of H-pyrrole nitrogens is 1. The van der Waals surface area contributed by atoms with Crippen molar-refractivity contribution < 1.29 is 4.39 Å². The molecule has 0 aliphatic rings. The Balaban J connectivity index is 1.66. The van der Waals surface area contributed by atoms with Crippen LogP contribution in [0.1, 0.15) is 22.5 Å². The highest BCUT2D eigenvalue weighted by Crippen LogP contribution is 2.18. The maximum atomic E-state index is 13.2. The summed E-state index contributed by atoms with van der Waals surface area (Å²) in [6.45, 7) is 4.65. The summed E-state index contributed by atoms with van der Waals surface area (Å²) in [5.74, 6) is 0.202. The fraction of sp³-hybridized carbons (Fsp3) is 0.143. The number of benzene rings is 2. The van der Waals surface area contributed by atoms with E-state index in [2.05, 4.69) is 32.5 Å². The molecule has 4 rings (SSSR count). The molecule has 0 bridgehead atoms. The number of hydrogen-bond donors (Lipinski definition) is 1. The number of nitrogens with zero attached hydrogens (tertiary/aromatic N) is 5. The van der Waals surface area contributed by atoms with Crippen molar-refractivity contribution in [2.24, 2.45) is 5.10 Å². The standard InChI is InChI=1S/C21H19FN6S/c1-14-19(15(2)27(26-14)13-16-6-4-3-5-7-16)12-23-28-20(24-25-21(28)29)17-8-10-18(22)11-9-17/h3-12H,13H2,1-2H3,(H,25,29). The average molecular weight is 406 g/mol. The van der Waals surface area contributed by atoms with Crippen LogP contribution in [0.3, 0.4) is 0 Å². The van der Waals surface area contributed by atoms with Crippen LogP contribution in [0.25, 0.3) is 11.4 Å². The Kier molecular flexibility index (Phi) is 5.18. The van der Waals surface area contributed by atoms with Gasteiger partial charge in [-0.2, -0.15) is 20.0 Å². The van der Waals surface area contributed by atoms with Crippen molar-refractivity contribution in [3.63, 3.8) is 0 Å². The van der Waals surface area contributed by atoms with Crippen molar-refractivity contribution in [1.29, 1.82) is 0 Å². The average Bonchev–Trinajstić information content (AvgIpc) is 3.21. The molecule has 29 heavy (non-hydrogen) atoms. The molecule has 0 saturated carbocycles. The van der Waals surface area contributed by atoms with Crippen molar-refractivity contribution in [3.8, 4) is 11.4 Å². The number of aromatic amines is 1. The number of aromatic nitrogens is 5. The van der Waals surface area contributed by atoms with Crippen LogP contribution in [0.15, 0.2) is 59.7 Å². The van der Waals surface area contributed by atoms with Gasteiger partial charge in [-0.05, 0) is 55.9 Å². The van der Waals surface area contributed by atoms with E-state index in [0.29, 0.717) is 22.7 Å². The van der Waals surface area contributed by atoms with Crippen molar-refractivity contribution in [2.75, 3.05) is 0 Å². The quantitative estimate of drug-likeness (QED) is 0.392. The molecule has 0 aliphatic heterocycles. The first kappa shape index (κ1) is 18.9. The fourth-order valence-electron chi connectivity index (χ4n) is 3.11. The molecule has 146 valence electrons. The molecular formula is C21H19FN6S. The summed E-state index contributed by atoms with van der Waals surface area (Å²) >= 11 is 5.31. The minimum atomic E-state index is -0.310. The number of nitrogens with one attached hydrogen (secondary N) is 1. The maximum Gasteiger partial charge on any atom is 0.216 e. The first-order valence-electron chi connectivity index (χ1n) is 9.08. The number of hydrogen-bond acceptors (Lipinski definition) is 4. The highest BCUT2D eigenvalue weighted by atomic mass is 32.1. The summed E-state index contributed by atoms with van der Waals surface area (Å²) in [6.07, 6.45) is 1.73. The highest BCUT2D eigenvalue weighted by molar-refractivity contribution is 7.71. The van der Waals surface area contributed by atoms with E-state index < -0.39 is 0 Å². The normalized spacial score (nSPS) is 11.4. The first-order valence-corrected chi connectivity index (χ1v) is 9.49. The van der Waals surface area contributed by atoms with Crippen LogP contribution in [0.5, 0.6) is 0 Å². The molecule has 0 fully saturated rings. The van der Waals surface area contributed by atoms with E-state index >= 15 is 0 Å². The molecule has 6 nitrogen and oxygen atoms in total. The molecular weight excluding hydrogens is 387 g/mol. The Morgan fingerprint density at radius 2 is 1.83 bits per heavy atom. The lowest BCUT2D eigenvalue weighted by molar-refractivity contribution is 0.628. The predicted molar refractivity (Wildman–Crippen MR) is 113 cm³/mol. The van der Waals surface area contributed by atoms with Gasteiger partial charge in [0.15, 0.2) is 5.82 Å². The number of halogens is 1. The highest BCUT2D eigenvalue weighted by Gasteiger charge is 2.12. The molecule has 0 radical (unpaired) electrons. The van der Waals surface area contributed by atoms with E-state index in [1.54, 1.807) is 18.3 Å². The Morgan fingerprint density at radius 1 is 1.10 bits per heavy atom. The van der Waals surface area contributed by atoms with Gasteiger partial charge in [-0.3, -0.25) is 4.68 Å². The van der Waals surface area contributed by atoms with Crippen LogP contribution in [-0.2, 0) is 6.54 Å². The van der Waals surface area contributed by atoms with E-state index in [1.807, 2.05) is 36.7 Å². The second kappa shape index (κ2) is 7.92. The summed E-state index contributed by atoms with van der Waals surface area (Å²) in [5.41, 5.74) is 4.70. The third kappa shape index (κ3) is 3.93. The van der Waals surface area contributed by atoms with E-state index in [0.717, 1.165) is 17.0 Å². The lowest BCUT2D eigenvalue weighted by atomic mass is 10.2. The van der Waals surface area contributed by atoms with Gasteiger partial charge in [-0.1, -0.05) is 30.3 Å². The maximum absolute atomic E-state index is 13.2. The zero-order valence-electron chi connectivity index (χ0n) is 16.0. The molecule has 8 heteroatoms. The summed E-state index contributed by atoms with van der Waals surface area (Å²) in [7, 11) is 0. The molecule has 2 heterocycles. The molecule has 0 atom stereocenters. The van der Waals surface area contributed by atoms with Gasteiger partial charge < -0.3 is 0 Å². The molecule has 0 saturated heterocycles. The van der Waals surface area contributed by atoms with Crippen LogP contribution in [-0.4, -0.2) is 30.9 Å². The third-order valence-electron chi connectivity index (χ3n) is 4.67. The number of rotatable bonds is 5. The van der Waals surface area contributed by atoms with Crippen LogP contribution in [0.4, 0.5) is 4.39 Å². The lowest BCUT2D eigenvalue weighted by Crippen LogP contribution is -2.04. The smallest absolute Gasteiger partial charge is 0.216 e. The summed E-state index contributed by atoms with van der Waals surface area (Å²) in [5, 5.41) is 16.1. The molecule has 4 aromatic rings. The minimum Gasteiger partial charge on any atom is -0.265 e. The van der Waals surface area contributed by atoms with Crippen LogP contribution >= 0.6 is 12.2 Å². The first-order chi connectivity index (χ1) is 14.0. The van der Waals surface area contributed by atoms with Gasteiger partial charge in [0.1, 0.15) is 5.82 Å². The molecule has 0 aliphatic carbocycles. The van der Waals surface area contributed by atoms with Crippen molar-refractivity contribution in [3.05, 3.63) is 87.7 Å². The van der Waals surface area contributed by atoms with Gasteiger partial charge >= 0.3 is 0 Å².